The van der Waals surface area contributed by atoms with Crippen LogP contribution in [0.1, 0.15) is 31.7 Å². The van der Waals surface area contributed by atoms with Crippen molar-refractivity contribution in [3.8, 4) is 0 Å². The topological polar surface area (TPSA) is 28.5 Å². The van der Waals surface area contributed by atoms with Crippen molar-refractivity contribution in [3.05, 3.63) is 60.4 Å². The molecule has 0 saturated carbocycles. The van der Waals surface area contributed by atoms with E-state index in [-0.39, 0.29) is 18.3 Å². The zero-order valence-electron chi connectivity index (χ0n) is 14.9. The average Bonchev–Trinajstić information content (AvgIpc) is 3.16. The van der Waals surface area contributed by atoms with Gasteiger partial charge in [0.2, 0.25) is 5.91 Å². The number of halogens is 1. The molecule has 2 aromatic rings. The van der Waals surface area contributed by atoms with Crippen LogP contribution < -0.4 is 5.01 Å². The van der Waals surface area contributed by atoms with Gasteiger partial charge in [0.25, 0.3) is 0 Å². The molecule has 1 amide bonds. The third-order valence-corrected chi connectivity index (χ3v) is 4.86. The van der Waals surface area contributed by atoms with Gasteiger partial charge in [-0.2, -0.15) is 0 Å². The number of piperidine rings is 1. The first kappa shape index (κ1) is 19.5. The predicted molar refractivity (Wildman–Crippen MR) is 105 cm³/mol. The zero-order chi connectivity index (χ0) is 16.8. The second-order valence-corrected chi connectivity index (χ2v) is 6.46. The van der Waals surface area contributed by atoms with Crippen molar-refractivity contribution in [2.75, 3.05) is 24.6 Å². The van der Waals surface area contributed by atoms with Gasteiger partial charge in [0.15, 0.2) is 0 Å². The Bertz CT molecular complexity index is 622. The molecule has 0 atom stereocenters. The minimum atomic E-state index is 0. The monoisotopic (exact) mass is 361 g/mol. The third-order valence-electron chi connectivity index (χ3n) is 4.86. The van der Waals surface area contributed by atoms with Crippen molar-refractivity contribution in [3.63, 3.8) is 0 Å². The number of carbonyl (C=O) groups is 1. The van der Waals surface area contributed by atoms with E-state index in [0.717, 1.165) is 38.9 Å². The summed E-state index contributed by atoms with van der Waals surface area (Å²) in [4.78, 5) is 14.9. The smallest absolute Gasteiger partial charge is 0.241 e. The predicted octanol–water partition coefficient (Wildman–Crippen LogP) is 3.49. The fraction of sp³-hybridized carbons (Fsp3) is 0.450. The van der Waals surface area contributed by atoms with Crippen LogP contribution in [-0.2, 0) is 11.2 Å². The van der Waals surface area contributed by atoms with Crippen LogP contribution in [0.5, 0.6) is 0 Å². The number of carbonyl (C=O) groups excluding carboxylic acids is 1. The number of amides is 1. The fourth-order valence-corrected chi connectivity index (χ4v) is 3.47. The van der Waals surface area contributed by atoms with E-state index < -0.39 is 0 Å². The van der Waals surface area contributed by atoms with Crippen LogP contribution in [-0.4, -0.2) is 41.2 Å². The minimum absolute atomic E-state index is 0. The Morgan fingerprint density at radius 1 is 1.08 bits per heavy atom. The first-order valence-corrected chi connectivity index (χ1v) is 8.99. The van der Waals surface area contributed by atoms with Crippen molar-refractivity contribution in [2.45, 2.75) is 38.6 Å². The highest BCUT2D eigenvalue weighted by Crippen LogP contribution is 2.17. The SMILES string of the molecule is CCC(=O)N(C1CCN(CCc2ccccc2)CC1)n1cccc1.Cl. The van der Waals surface area contributed by atoms with Crippen molar-refractivity contribution >= 4 is 18.3 Å². The lowest BCUT2D eigenvalue weighted by atomic mass is 10.0. The molecular formula is C20H28ClN3O. The lowest BCUT2D eigenvalue weighted by Gasteiger charge is -2.38. The van der Waals surface area contributed by atoms with Crippen molar-refractivity contribution < 1.29 is 4.79 Å². The van der Waals surface area contributed by atoms with Crippen LogP contribution in [0.4, 0.5) is 0 Å². The second-order valence-electron chi connectivity index (χ2n) is 6.46. The van der Waals surface area contributed by atoms with Gasteiger partial charge in [0.05, 0.1) is 6.04 Å². The highest BCUT2D eigenvalue weighted by molar-refractivity contribution is 5.86. The molecule has 0 aliphatic carbocycles. The van der Waals surface area contributed by atoms with Crippen LogP contribution in [0, 0.1) is 0 Å². The molecule has 5 heteroatoms. The standard InChI is InChI=1S/C20H27N3O.ClH/c1-2-20(24)23(22-13-6-7-14-22)19-11-16-21(17-12-19)15-10-18-8-4-3-5-9-18;/h3-9,13-14,19H,2,10-12,15-17H2,1H3;1H. The number of likely N-dealkylation sites (tertiary alicyclic amines) is 1. The number of aromatic nitrogens is 1. The number of hydrogen-bond acceptors (Lipinski definition) is 2. The van der Waals surface area contributed by atoms with E-state index in [1.807, 2.05) is 41.1 Å². The maximum atomic E-state index is 12.4. The fourth-order valence-electron chi connectivity index (χ4n) is 3.47. The molecule has 1 aliphatic rings. The van der Waals surface area contributed by atoms with Gasteiger partial charge >= 0.3 is 0 Å². The summed E-state index contributed by atoms with van der Waals surface area (Å²) in [5.41, 5.74) is 1.40. The molecule has 2 heterocycles. The van der Waals surface area contributed by atoms with Crippen molar-refractivity contribution in [1.82, 2.24) is 9.58 Å². The minimum Gasteiger partial charge on any atom is -0.303 e. The molecule has 0 spiro atoms. The molecule has 1 fully saturated rings. The molecule has 25 heavy (non-hydrogen) atoms. The van der Waals surface area contributed by atoms with E-state index >= 15 is 0 Å². The van der Waals surface area contributed by atoms with E-state index in [1.54, 1.807) is 0 Å². The van der Waals surface area contributed by atoms with Gasteiger partial charge in [-0.3, -0.25) is 9.47 Å². The number of hydrogen-bond donors (Lipinski definition) is 0. The van der Waals surface area contributed by atoms with E-state index in [0.29, 0.717) is 12.5 Å². The number of rotatable bonds is 6. The maximum absolute atomic E-state index is 12.4. The van der Waals surface area contributed by atoms with Crippen molar-refractivity contribution in [2.24, 2.45) is 0 Å². The molecule has 0 N–H and O–H groups in total. The Hall–Kier alpha value is -1.78. The highest BCUT2D eigenvalue weighted by Gasteiger charge is 2.28. The summed E-state index contributed by atoms with van der Waals surface area (Å²) in [6.07, 6.45) is 7.66. The molecule has 0 unspecified atom stereocenters. The molecule has 1 saturated heterocycles. The summed E-state index contributed by atoms with van der Waals surface area (Å²) in [7, 11) is 0. The van der Waals surface area contributed by atoms with Crippen LogP contribution in [0.15, 0.2) is 54.9 Å². The Kier molecular flexibility index (Phi) is 7.53. The van der Waals surface area contributed by atoms with Gasteiger partial charge in [-0.25, -0.2) is 5.01 Å². The van der Waals surface area contributed by atoms with E-state index in [1.165, 1.54) is 5.56 Å². The van der Waals surface area contributed by atoms with Gasteiger partial charge in [0.1, 0.15) is 0 Å². The Morgan fingerprint density at radius 3 is 2.32 bits per heavy atom. The normalized spacial score (nSPS) is 15.6. The summed E-state index contributed by atoms with van der Waals surface area (Å²) in [6, 6.07) is 14.9. The van der Waals surface area contributed by atoms with E-state index in [2.05, 4.69) is 35.2 Å². The maximum Gasteiger partial charge on any atom is 0.241 e. The molecular weight excluding hydrogens is 334 g/mol. The summed E-state index contributed by atoms with van der Waals surface area (Å²) in [5.74, 6) is 0.203. The Balaban J connectivity index is 0.00000225. The van der Waals surface area contributed by atoms with Gasteiger partial charge in [-0.05, 0) is 37.0 Å². The van der Waals surface area contributed by atoms with Gasteiger partial charge in [-0.15, -0.1) is 12.4 Å². The van der Waals surface area contributed by atoms with E-state index in [9.17, 15) is 4.79 Å². The zero-order valence-corrected chi connectivity index (χ0v) is 15.7. The summed E-state index contributed by atoms with van der Waals surface area (Å²) >= 11 is 0. The Morgan fingerprint density at radius 2 is 1.72 bits per heavy atom. The third kappa shape index (κ3) is 5.10. The van der Waals surface area contributed by atoms with Gasteiger partial charge in [0, 0.05) is 38.4 Å². The lowest BCUT2D eigenvalue weighted by Crippen LogP contribution is -2.52. The second kappa shape index (κ2) is 9.64. The molecule has 1 aromatic carbocycles. The summed E-state index contributed by atoms with van der Waals surface area (Å²) in [6.45, 7) is 5.16. The van der Waals surface area contributed by atoms with Crippen molar-refractivity contribution in [1.29, 1.82) is 0 Å². The molecule has 0 bridgehead atoms. The van der Waals surface area contributed by atoms with Crippen LogP contribution in [0.25, 0.3) is 0 Å². The van der Waals surface area contributed by atoms with Gasteiger partial charge < -0.3 is 4.90 Å². The number of nitrogens with zero attached hydrogens (tertiary/aromatic N) is 3. The quantitative estimate of drug-likeness (QED) is 0.787. The average molecular weight is 362 g/mol. The van der Waals surface area contributed by atoms with E-state index in [4.69, 9.17) is 0 Å². The molecule has 1 aromatic heterocycles. The Labute approximate surface area is 156 Å². The van der Waals surface area contributed by atoms with Crippen LogP contribution >= 0.6 is 12.4 Å². The first-order chi connectivity index (χ1) is 11.8. The summed E-state index contributed by atoms with van der Waals surface area (Å²) < 4.78 is 1.95. The molecule has 0 radical (unpaired) electrons. The van der Waals surface area contributed by atoms with Crippen LogP contribution in [0.2, 0.25) is 0 Å². The van der Waals surface area contributed by atoms with Crippen LogP contribution in [0.3, 0.4) is 0 Å². The largest absolute Gasteiger partial charge is 0.303 e. The first-order valence-electron chi connectivity index (χ1n) is 8.99. The molecule has 4 nitrogen and oxygen atoms in total. The number of benzene rings is 1. The molecule has 136 valence electrons. The molecule has 3 rings (SSSR count). The summed E-state index contributed by atoms with van der Waals surface area (Å²) in [5, 5.41) is 1.95. The van der Waals surface area contributed by atoms with Gasteiger partial charge in [-0.1, -0.05) is 37.3 Å². The highest BCUT2D eigenvalue weighted by atomic mass is 35.5. The molecule has 1 aliphatic heterocycles. The lowest BCUT2D eigenvalue weighted by molar-refractivity contribution is -0.120.